The molecule has 1 aromatic carbocycles. The third kappa shape index (κ3) is 3.62. The molecule has 2 atom stereocenters. The van der Waals surface area contributed by atoms with E-state index in [1.807, 2.05) is 0 Å². The Kier molecular flexibility index (Phi) is 5.49. The number of benzene rings is 1. The molecule has 1 aliphatic rings. The largest absolute Gasteiger partial charge is 0.496 e. The lowest BCUT2D eigenvalue weighted by Gasteiger charge is -2.28. The van der Waals surface area contributed by atoms with Gasteiger partial charge >= 0.3 is 0 Å². The predicted molar refractivity (Wildman–Crippen MR) is 84.1 cm³/mol. The first-order chi connectivity index (χ1) is 10.6. The topological polar surface area (TPSA) is 68.8 Å². The summed E-state index contributed by atoms with van der Waals surface area (Å²) >= 11 is 0. The fraction of sp³-hybridized carbons (Fsp3) is 0.562. The fourth-order valence-corrected chi connectivity index (χ4v) is 2.73. The molecule has 1 heterocycles. The van der Waals surface area contributed by atoms with Crippen LogP contribution in [0.4, 0.5) is 0 Å². The maximum absolute atomic E-state index is 12.6. The van der Waals surface area contributed by atoms with Crippen LogP contribution in [-0.4, -0.2) is 45.9 Å². The molecule has 0 saturated carbocycles. The molecule has 1 saturated heterocycles. The minimum absolute atomic E-state index is 0.156. The van der Waals surface area contributed by atoms with Crippen LogP contribution < -0.4 is 24.8 Å². The fourth-order valence-electron chi connectivity index (χ4n) is 2.73. The normalized spacial score (nSPS) is 21.1. The van der Waals surface area contributed by atoms with Crippen LogP contribution in [0.25, 0.3) is 0 Å². The standard InChI is InChI=1S/C16H24N2O4/c1-10-7-11(5-6-17-10)18-16(19)12-8-14(21-3)15(22-4)9-13(12)20-2/h8-11,17H,5-7H2,1-4H3,(H,18,19). The Balaban J connectivity index is 2.20. The summed E-state index contributed by atoms with van der Waals surface area (Å²) in [5, 5.41) is 6.44. The Hall–Kier alpha value is -1.95. The molecule has 1 amide bonds. The van der Waals surface area contributed by atoms with Crippen LogP contribution in [-0.2, 0) is 0 Å². The molecular formula is C16H24N2O4. The van der Waals surface area contributed by atoms with Crippen molar-refractivity contribution in [1.82, 2.24) is 10.6 Å². The molecule has 0 spiro atoms. The zero-order valence-corrected chi connectivity index (χ0v) is 13.6. The van der Waals surface area contributed by atoms with E-state index in [-0.39, 0.29) is 11.9 Å². The molecule has 1 aliphatic heterocycles. The van der Waals surface area contributed by atoms with Gasteiger partial charge in [-0.2, -0.15) is 0 Å². The maximum atomic E-state index is 12.6. The second-order valence-corrected chi connectivity index (χ2v) is 5.46. The molecule has 122 valence electrons. The number of carbonyl (C=O) groups excluding carboxylic acids is 1. The van der Waals surface area contributed by atoms with Gasteiger partial charge < -0.3 is 24.8 Å². The van der Waals surface area contributed by atoms with Crippen LogP contribution >= 0.6 is 0 Å². The van der Waals surface area contributed by atoms with Gasteiger partial charge in [0.25, 0.3) is 5.91 Å². The van der Waals surface area contributed by atoms with E-state index in [4.69, 9.17) is 14.2 Å². The van der Waals surface area contributed by atoms with E-state index < -0.39 is 0 Å². The van der Waals surface area contributed by atoms with Crippen LogP contribution in [0.1, 0.15) is 30.1 Å². The third-order valence-corrected chi connectivity index (χ3v) is 3.91. The molecule has 22 heavy (non-hydrogen) atoms. The number of carbonyl (C=O) groups is 1. The highest BCUT2D eigenvalue weighted by Crippen LogP contribution is 2.34. The van der Waals surface area contributed by atoms with Gasteiger partial charge in [0.1, 0.15) is 5.75 Å². The molecule has 0 radical (unpaired) electrons. The van der Waals surface area contributed by atoms with Crippen LogP contribution in [0.3, 0.4) is 0 Å². The van der Waals surface area contributed by atoms with Gasteiger partial charge in [0, 0.05) is 24.2 Å². The zero-order chi connectivity index (χ0) is 16.1. The first-order valence-electron chi connectivity index (χ1n) is 7.43. The molecule has 1 fully saturated rings. The van der Waals surface area contributed by atoms with Crippen LogP contribution in [0.15, 0.2) is 12.1 Å². The zero-order valence-electron chi connectivity index (χ0n) is 13.6. The summed E-state index contributed by atoms with van der Waals surface area (Å²) in [5.41, 5.74) is 0.450. The molecule has 1 aromatic rings. The number of hydrogen-bond acceptors (Lipinski definition) is 5. The van der Waals surface area contributed by atoms with Gasteiger partial charge in [0.2, 0.25) is 0 Å². The summed E-state index contributed by atoms with van der Waals surface area (Å²) in [6, 6.07) is 3.89. The molecule has 0 aliphatic carbocycles. The number of hydrogen-bond donors (Lipinski definition) is 2. The highest BCUT2D eigenvalue weighted by molar-refractivity contribution is 5.98. The van der Waals surface area contributed by atoms with E-state index in [1.165, 1.54) is 7.11 Å². The monoisotopic (exact) mass is 308 g/mol. The van der Waals surface area contributed by atoms with Crippen molar-refractivity contribution in [2.45, 2.75) is 31.8 Å². The number of methoxy groups -OCH3 is 3. The molecule has 2 rings (SSSR count). The van der Waals surface area contributed by atoms with E-state index in [2.05, 4.69) is 17.6 Å². The summed E-state index contributed by atoms with van der Waals surface area (Å²) in [6.07, 6.45) is 1.84. The number of nitrogens with one attached hydrogen (secondary N) is 2. The summed E-state index contributed by atoms with van der Waals surface area (Å²) in [6.45, 7) is 3.03. The van der Waals surface area contributed by atoms with Crippen LogP contribution in [0.2, 0.25) is 0 Å². The summed E-state index contributed by atoms with van der Waals surface area (Å²) in [7, 11) is 4.62. The quantitative estimate of drug-likeness (QED) is 0.864. The highest BCUT2D eigenvalue weighted by Gasteiger charge is 2.23. The first-order valence-corrected chi connectivity index (χ1v) is 7.43. The average molecular weight is 308 g/mol. The Bertz CT molecular complexity index is 533. The lowest BCUT2D eigenvalue weighted by Crippen LogP contribution is -2.46. The van der Waals surface area contributed by atoms with Gasteiger partial charge in [-0.3, -0.25) is 4.79 Å². The highest BCUT2D eigenvalue weighted by atomic mass is 16.5. The van der Waals surface area contributed by atoms with Crippen LogP contribution in [0.5, 0.6) is 17.2 Å². The average Bonchev–Trinajstić information content (AvgIpc) is 2.53. The van der Waals surface area contributed by atoms with Gasteiger partial charge in [-0.25, -0.2) is 0 Å². The maximum Gasteiger partial charge on any atom is 0.255 e. The summed E-state index contributed by atoms with van der Waals surface area (Å²) in [5.74, 6) is 1.35. The minimum atomic E-state index is -0.156. The van der Waals surface area contributed by atoms with Gasteiger partial charge in [-0.15, -0.1) is 0 Å². The van der Waals surface area contributed by atoms with Gasteiger partial charge in [0.15, 0.2) is 11.5 Å². The second-order valence-electron chi connectivity index (χ2n) is 5.46. The first kappa shape index (κ1) is 16.4. The van der Waals surface area contributed by atoms with E-state index in [1.54, 1.807) is 26.4 Å². The van der Waals surface area contributed by atoms with Gasteiger partial charge in [-0.05, 0) is 26.3 Å². The number of amides is 1. The van der Waals surface area contributed by atoms with Crippen molar-refractivity contribution in [2.24, 2.45) is 0 Å². The van der Waals surface area contributed by atoms with E-state index in [0.717, 1.165) is 19.4 Å². The summed E-state index contributed by atoms with van der Waals surface area (Å²) < 4.78 is 15.8. The van der Waals surface area contributed by atoms with Crippen molar-refractivity contribution >= 4 is 5.91 Å². The number of ether oxygens (including phenoxy) is 3. The molecule has 2 N–H and O–H groups in total. The molecule has 6 heteroatoms. The van der Waals surface area contributed by atoms with Crippen molar-refractivity contribution in [2.75, 3.05) is 27.9 Å². The molecule has 0 bridgehead atoms. The van der Waals surface area contributed by atoms with Crippen molar-refractivity contribution < 1.29 is 19.0 Å². The molecule has 0 aromatic heterocycles. The Morgan fingerprint density at radius 1 is 1.14 bits per heavy atom. The van der Waals surface area contributed by atoms with Crippen molar-refractivity contribution in [3.63, 3.8) is 0 Å². The van der Waals surface area contributed by atoms with Crippen LogP contribution in [0, 0.1) is 0 Å². The lowest BCUT2D eigenvalue weighted by atomic mass is 10.00. The van der Waals surface area contributed by atoms with Gasteiger partial charge in [0.05, 0.1) is 26.9 Å². The summed E-state index contributed by atoms with van der Waals surface area (Å²) in [4.78, 5) is 12.6. The van der Waals surface area contributed by atoms with E-state index in [0.29, 0.717) is 28.9 Å². The molecule has 2 unspecified atom stereocenters. The Morgan fingerprint density at radius 2 is 1.77 bits per heavy atom. The number of rotatable bonds is 5. The van der Waals surface area contributed by atoms with Gasteiger partial charge in [-0.1, -0.05) is 0 Å². The van der Waals surface area contributed by atoms with Crippen molar-refractivity contribution in [3.05, 3.63) is 17.7 Å². The third-order valence-electron chi connectivity index (χ3n) is 3.91. The lowest BCUT2D eigenvalue weighted by molar-refractivity contribution is 0.0922. The molecule has 6 nitrogen and oxygen atoms in total. The smallest absolute Gasteiger partial charge is 0.255 e. The Morgan fingerprint density at radius 3 is 2.36 bits per heavy atom. The molecular weight excluding hydrogens is 284 g/mol. The minimum Gasteiger partial charge on any atom is -0.496 e. The van der Waals surface area contributed by atoms with Crippen molar-refractivity contribution in [1.29, 1.82) is 0 Å². The SMILES string of the molecule is COc1cc(OC)c(C(=O)NC2CCNC(C)C2)cc1OC. The van der Waals surface area contributed by atoms with Crippen molar-refractivity contribution in [3.8, 4) is 17.2 Å². The van der Waals surface area contributed by atoms with E-state index in [9.17, 15) is 4.79 Å². The predicted octanol–water partition coefficient (Wildman–Crippen LogP) is 1.58. The van der Waals surface area contributed by atoms with E-state index >= 15 is 0 Å². The second kappa shape index (κ2) is 7.35. The Labute approximate surface area is 131 Å². The number of piperidine rings is 1.